The van der Waals surface area contributed by atoms with Gasteiger partial charge in [-0.05, 0) is 35.4 Å². The molecule has 1 unspecified atom stereocenters. The Balaban J connectivity index is 2.05. The highest BCUT2D eigenvalue weighted by molar-refractivity contribution is 7.17. The number of piperidine rings is 1. The summed E-state index contributed by atoms with van der Waals surface area (Å²) in [7, 11) is 1.56. The van der Waals surface area contributed by atoms with Crippen LogP contribution >= 0.6 is 11.3 Å². The molecule has 2 aromatic rings. The Kier molecular flexibility index (Phi) is 5.76. The molecule has 1 aromatic carbocycles. The van der Waals surface area contributed by atoms with Gasteiger partial charge in [0, 0.05) is 22.1 Å². The molecule has 0 aliphatic carbocycles. The normalized spacial score (nSPS) is 22.6. The van der Waals surface area contributed by atoms with E-state index in [0.29, 0.717) is 11.3 Å². The number of benzene rings is 1. The molecule has 2 heterocycles. The predicted octanol–water partition coefficient (Wildman–Crippen LogP) is 4.28. The monoisotopic (exact) mass is 422 g/mol. The van der Waals surface area contributed by atoms with Crippen molar-refractivity contribution in [1.82, 2.24) is 4.90 Å². The van der Waals surface area contributed by atoms with Gasteiger partial charge in [-0.3, -0.25) is 4.79 Å². The third kappa shape index (κ3) is 4.17. The summed E-state index contributed by atoms with van der Waals surface area (Å²) in [6.45, 7) is 7.71. The van der Waals surface area contributed by atoms with Crippen molar-refractivity contribution in [2.75, 3.05) is 13.7 Å². The molecule has 8 heteroatoms. The molecule has 6 nitrogen and oxygen atoms in total. The maximum Gasteiger partial charge on any atom is 0.404 e. The first kappa shape index (κ1) is 21.4. The largest absolute Gasteiger partial charge is 0.496 e. The highest BCUT2D eigenvalue weighted by atomic mass is 32.1. The number of thiophene rings is 1. The molecular formula is C21H27FN2O4S. The van der Waals surface area contributed by atoms with Gasteiger partial charge < -0.3 is 20.1 Å². The first-order valence-corrected chi connectivity index (χ1v) is 10.4. The Bertz CT molecular complexity index is 937. The summed E-state index contributed by atoms with van der Waals surface area (Å²) in [5.41, 5.74) is 6.24. The average Bonchev–Trinajstić information content (AvgIpc) is 2.99. The Labute approximate surface area is 173 Å². The molecule has 3 atom stereocenters. The van der Waals surface area contributed by atoms with E-state index in [0.717, 1.165) is 15.6 Å². The summed E-state index contributed by atoms with van der Waals surface area (Å²) in [5, 5.41) is 2.98. The summed E-state index contributed by atoms with van der Waals surface area (Å²) >= 11 is 1.53. The van der Waals surface area contributed by atoms with Gasteiger partial charge in [0.2, 0.25) is 0 Å². The smallest absolute Gasteiger partial charge is 0.404 e. The number of carbonyl (C=O) groups excluding carboxylic acids is 2. The van der Waals surface area contributed by atoms with Gasteiger partial charge in [-0.25, -0.2) is 9.18 Å². The summed E-state index contributed by atoms with van der Waals surface area (Å²) in [6, 6.07) is 2.99. The number of amides is 2. The zero-order valence-electron chi connectivity index (χ0n) is 17.3. The van der Waals surface area contributed by atoms with Gasteiger partial charge in [-0.1, -0.05) is 20.8 Å². The summed E-state index contributed by atoms with van der Waals surface area (Å²) in [4.78, 5) is 26.3. The van der Waals surface area contributed by atoms with Crippen molar-refractivity contribution in [3.63, 3.8) is 0 Å². The van der Waals surface area contributed by atoms with Crippen LogP contribution in [-0.4, -0.2) is 48.9 Å². The maximum absolute atomic E-state index is 14.5. The van der Waals surface area contributed by atoms with E-state index in [1.54, 1.807) is 13.2 Å². The SMILES string of the molecule is COc1cc(C(=O)N2C[C@H](F)C[C@@H](OC(N)=O)C2C(C)(C)C)cc2scc(C)c12. The molecule has 1 aliphatic rings. The van der Waals surface area contributed by atoms with Crippen molar-refractivity contribution >= 4 is 33.4 Å². The van der Waals surface area contributed by atoms with E-state index in [1.165, 1.54) is 16.2 Å². The molecule has 1 fully saturated rings. The number of halogens is 1. The number of primary amides is 1. The summed E-state index contributed by atoms with van der Waals surface area (Å²) < 4.78 is 26.2. The van der Waals surface area contributed by atoms with Crippen molar-refractivity contribution < 1.29 is 23.5 Å². The average molecular weight is 423 g/mol. The van der Waals surface area contributed by atoms with Gasteiger partial charge in [0.05, 0.1) is 19.7 Å². The number of nitrogens with zero attached hydrogens (tertiary/aromatic N) is 1. The number of ether oxygens (including phenoxy) is 2. The standard InChI is InChI=1S/C21H27FN2O4S/c1-11-10-29-16-7-12(6-14(27-5)17(11)16)19(25)24-9-13(22)8-15(28-20(23)26)18(24)21(2,3)4/h6-7,10,13,15,18H,8-9H2,1-5H3,(H2,23,26)/t13-,15-,18?/m1/s1. The molecule has 1 aliphatic heterocycles. The minimum Gasteiger partial charge on any atom is -0.496 e. The highest BCUT2D eigenvalue weighted by Crippen LogP contribution is 2.38. The second-order valence-corrected chi connectivity index (χ2v) is 9.46. The van der Waals surface area contributed by atoms with E-state index in [4.69, 9.17) is 15.2 Å². The lowest BCUT2D eigenvalue weighted by Crippen LogP contribution is -2.61. The van der Waals surface area contributed by atoms with E-state index in [-0.39, 0.29) is 18.9 Å². The van der Waals surface area contributed by atoms with Crippen LogP contribution in [0, 0.1) is 12.3 Å². The van der Waals surface area contributed by atoms with Gasteiger partial charge in [-0.2, -0.15) is 0 Å². The molecule has 29 heavy (non-hydrogen) atoms. The number of aryl methyl sites for hydroxylation is 1. The Morgan fingerprint density at radius 1 is 1.31 bits per heavy atom. The zero-order chi connectivity index (χ0) is 21.5. The third-order valence-corrected chi connectivity index (χ3v) is 6.32. The Morgan fingerprint density at radius 2 is 2.00 bits per heavy atom. The van der Waals surface area contributed by atoms with Gasteiger partial charge in [0.1, 0.15) is 18.0 Å². The maximum atomic E-state index is 14.5. The van der Waals surface area contributed by atoms with Crippen LogP contribution in [0.5, 0.6) is 5.75 Å². The number of alkyl halides is 1. The zero-order valence-corrected chi connectivity index (χ0v) is 18.1. The first-order valence-electron chi connectivity index (χ1n) is 9.50. The lowest BCUT2D eigenvalue weighted by atomic mass is 9.78. The minimum absolute atomic E-state index is 0.0150. The van der Waals surface area contributed by atoms with E-state index < -0.39 is 29.8 Å². The number of methoxy groups -OCH3 is 1. The molecule has 3 rings (SSSR count). The fourth-order valence-corrected chi connectivity index (χ4v) is 5.21. The molecule has 158 valence electrons. The topological polar surface area (TPSA) is 81.9 Å². The van der Waals surface area contributed by atoms with E-state index in [2.05, 4.69) is 0 Å². The number of hydrogen-bond donors (Lipinski definition) is 1. The summed E-state index contributed by atoms with van der Waals surface area (Å²) in [6.07, 6.45) is -3.07. The molecule has 0 spiro atoms. The van der Waals surface area contributed by atoms with Crippen LogP contribution < -0.4 is 10.5 Å². The van der Waals surface area contributed by atoms with Crippen molar-refractivity contribution in [2.45, 2.75) is 52.4 Å². The van der Waals surface area contributed by atoms with E-state index in [1.807, 2.05) is 39.1 Å². The number of carbonyl (C=O) groups is 2. The number of nitrogens with two attached hydrogens (primary N) is 1. The molecule has 0 saturated carbocycles. The predicted molar refractivity (Wildman–Crippen MR) is 111 cm³/mol. The van der Waals surface area contributed by atoms with Crippen molar-refractivity contribution in [3.8, 4) is 5.75 Å². The lowest BCUT2D eigenvalue weighted by molar-refractivity contribution is -0.0570. The number of rotatable bonds is 3. The van der Waals surface area contributed by atoms with Crippen molar-refractivity contribution in [2.24, 2.45) is 11.1 Å². The fourth-order valence-electron chi connectivity index (χ4n) is 4.21. The van der Waals surface area contributed by atoms with Gasteiger partial charge in [-0.15, -0.1) is 11.3 Å². The van der Waals surface area contributed by atoms with Crippen LogP contribution in [0.3, 0.4) is 0 Å². The van der Waals surface area contributed by atoms with Gasteiger partial charge >= 0.3 is 6.09 Å². The van der Waals surface area contributed by atoms with Gasteiger partial charge in [0.15, 0.2) is 0 Å². The quantitative estimate of drug-likeness (QED) is 0.800. The molecule has 0 bridgehead atoms. The first-order chi connectivity index (χ1) is 13.5. The fraction of sp³-hybridized carbons (Fsp3) is 0.524. The minimum atomic E-state index is -1.31. The number of fused-ring (bicyclic) bond motifs is 1. The molecular weight excluding hydrogens is 395 g/mol. The van der Waals surface area contributed by atoms with Gasteiger partial charge in [0.25, 0.3) is 5.91 Å². The second kappa shape index (κ2) is 7.82. The van der Waals surface area contributed by atoms with Crippen LogP contribution in [0.15, 0.2) is 17.5 Å². The van der Waals surface area contributed by atoms with Crippen LogP contribution in [0.25, 0.3) is 10.1 Å². The van der Waals surface area contributed by atoms with Crippen LogP contribution in [0.4, 0.5) is 9.18 Å². The Morgan fingerprint density at radius 3 is 2.59 bits per heavy atom. The molecule has 2 amide bonds. The summed E-state index contributed by atoms with van der Waals surface area (Å²) in [5.74, 6) is 0.284. The Hall–Kier alpha value is -2.35. The second-order valence-electron chi connectivity index (χ2n) is 8.55. The van der Waals surface area contributed by atoms with Crippen molar-refractivity contribution in [3.05, 3.63) is 28.6 Å². The number of likely N-dealkylation sites (tertiary alicyclic amines) is 1. The molecule has 1 aromatic heterocycles. The van der Waals surface area contributed by atoms with Crippen LogP contribution in [0.1, 0.15) is 43.1 Å². The molecule has 2 N–H and O–H groups in total. The van der Waals surface area contributed by atoms with E-state index >= 15 is 0 Å². The lowest BCUT2D eigenvalue weighted by Gasteiger charge is -2.48. The van der Waals surface area contributed by atoms with Crippen LogP contribution in [-0.2, 0) is 4.74 Å². The molecule has 0 radical (unpaired) electrons. The van der Waals surface area contributed by atoms with Crippen LogP contribution in [0.2, 0.25) is 0 Å². The van der Waals surface area contributed by atoms with E-state index in [9.17, 15) is 14.0 Å². The number of hydrogen-bond acceptors (Lipinski definition) is 5. The van der Waals surface area contributed by atoms with Crippen molar-refractivity contribution in [1.29, 1.82) is 0 Å². The molecule has 1 saturated heterocycles. The third-order valence-electron chi connectivity index (χ3n) is 5.28. The highest BCUT2D eigenvalue weighted by Gasteiger charge is 2.46.